The Bertz CT molecular complexity index is 829. The number of halogens is 1. The molecule has 24 heavy (non-hydrogen) atoms. The number of nitrogens with one attached hydrogen (secondary N) is 1. The number of hydrogen-bond acceptors (Lipinski definition) is 5. The highest BCUT2D eigenvalue weighted by Crippen LogP contribution is 2.32. The monoisotopic (exact) mass is 416 g/mol. The Labute approximate surface area is 149 Å². The van der Waals surface area contributed by atoms with Crippen LogP contribution in [0.15, 0.2) is 17.0 Å². The lowest BCUT2D eigenvalue weighted by molar-refractivity contribution is 0.381. The summed E-state index contributed by atoms with van der Waals surface area (Å²) >= 11 is 3.53. The Balaban J connectivity index is 1.65. The van der Waals surface area contributed by atoms with Gasteiger partial charge in [0.2, 0.25) is 0 Å². The van der Waals surface area contributed by atoms with Crippen molar-refractivity contribution in [2.45, 2.75) is 19.3 Å². The van der Waals surface area contributed by atoms with Gasteiger partial charge >= 0.3 is 0 Å². The maximum atomic E-state index is 10.9. The summed E-state index contributed by atoms with van der Waals surface area (Å²) in [5.41, 5.74) is 1.95. The van der Waals surface area contributed by atoms with Crippen LogP contribution in [0.4, 0.5) is 5.82 Å². The Kier molecular flexibility index (Phi) is 5.09. The van der Waals surface area contributed by atoms with Crippen molar-refractivity contribution in [2.75, 3.05) is 24.5 Å². The van der Waals surface area contributed by atoms with Crippen LogP contribution in [0, 0.1) is 5.92 Å². The molecule has 2 aromatic heterocycles. The van der Waals surface area contributed by atoms with E-state index < -0.39 is 10.2 Å². The Morgan fingerprint density at radius 1 is 1.38 bits per heavy atom. The molecular formula is C14H21BrN6O2S. The maximum Gasteiger partial charge on any atom is 0.274 e. The van der Waals surface area contributed by atoms with Crippen molar-refractivity contribution < 1.29 is 8.42 Å². The van der Waals surface area contributed by atoms with Gasteiger partial charge in [-0.3, -0.25) is 0 Å². The van der Waals surface area contributed by atoms with Gasteiger partial charge in [-0.15, -0.1) is 0 Å². The number of piperidine rings is 1. The van der Waals surface area contributed by atoms with Crippen LogP contribution >= 0.6 is 15.9 Å². The van der Waals surface area contributed by atoms with E-state index in [2.05, 4.69) is 35.5 Å². The van der Waals surface area contributed by atoms with Gasteiger partial charge in [0, 0.05) is 32.9 Å². The first kappa shape index (κ1) is 17.6. The molecule has 1 aliphatic rings. The molecule has 1 fully saturated rings. The number of hydrogen-bond donors (Lipinski definition) is 2. The van der Waals surface area contributed by atoms with Gasteiger partial charge in [0.1, 0.15) is 17.4 Å². The lowest BCUT2D eigenvalue weighted by Crippen LogP contribution is -2.37. The summed E-state index contributed by atoms with van der Waals surface area (Å²) in [6.45, 7) is 2.19. The Hall–Kier alpha value is -1.23. The quantitative estimate of drug-likeness (QED) is 0.759. The van der Waals surface area contributed by atoms with Crippen LogP contribution < -0.4 is 14.8 Å². The zero-order valence-electron chi connectivity index (χ0n) is 13.4. The number of aromatic nitrogens is 3. The van der Waals surface area contributed by atoms with Crippen molar-refractivity contribution in [3.63, 3.8) is 0 Å². The van der Waals surface area contributed by atoms with Crippen molar-refractivity contribution in [1.29, 1.82) is 0 Å². The molecule has 3 N–H and O–H groups in total. The van der Waals surface area contributed by atoms with Crippen molar-refractivity contribution in [2.24, 2.45) is 18.1 Å². The summed E-state index contributed by atoms with van der Waals surface area (Å²) < 4.78 is 27.2. The van der Waals surface area contributed by atoms with Crippen LogP contribution in [0.1, 0.15) is 19.3 Å². The van der Waals surface area contributed by atoms with E-state index in [0.717, 1.165) is 53.7 Å². The molecule has 1 saturated heterocycles. The number of nitrogens with two attached hydrogens (primary N) is 1. The first-order valence-electron chi connectivity index (χ1n) is 7.83. The lowest BCUT2D eigenvalue weighted by atomic mass is 9.93. The third kappa shape index (κ3) is 3.88. The third-order valence-electron chi connectivity index (χ3n) is 4.46. The first-order chi connectivity index (χ1) is 11.3. The van der Waals surface area contributed by atoms with Crippen LogP contribution in [0.5, 0.6) is 0 Å². The smallest absolute Gasteiger partial charge is 0.274 e. The fourth-order valence-corrected chi connectivity index (χ4v) is 4.23. The number of fused-ring (bicyclic) bond motifs is 1. The van der Waals surface area contributed by atoms with Gasteiger partial charge in [-0.2, -0.15) is 8.42 Å². The average molecular weight is 417 g/mol. The minimum absolute atomic E-state index is 0.395. The third-order valence-corrected chi connectivity index (χ3v) is 5.65. The average Bonchev–Trinajstić information content (AvgIpc) is 2.82. The largest absolute Gasteiger partial charge is 0.355 e. The van der Waals surface area contributed by atoms with Crippen molar-refractivity contribution in [1.82, 2.24) is 19.3 Å². The SMILES string of the molecule is Cn1cc(Br)c2ncnc(N3CCC(CCNS(N)(=O)=O)CC3)c21. The molecule has 0 radical (unpaired) electrons. The van der Waals surface area contributed by atoms with Crippen LogP contribution in [0.3, 0.4) is 0 Å². The second-order valence-electron chi connectivity index (χ2n) is 6.14. The molecule has 0 aliphatic carbocycles. The molecule has 10 heteroatoms. The summed E-state index contributed by atoms with van der Waals surface area (Å²) in [5.74, 6) is 1.45. The van der Waals surface area contributed by atoms with Crippen molar-refractivity contribution >= 4 is 43.0 Å². The van der Waals surface area contributed by atoms with E-state index in [9.17, 15) is 8.42 Å². The fraction of sp³-hybridized carbons (Fsp3) is 0.571. The molecule has 3 heterocycles. The first-order valence-corrected chi connectivity index (χ1v) is 10.2. The van der Waals surface area contributed by atoms with Gasteiger partial charge in [-0.05, 0) is 41.1 Å². The van der Waals surface area contributed by atoms with E-state index in [1.807, 2.05) is 17.8 Å². The molecule has 0 saturated carbocycles. The Morgan fingerprint density at radius 3 is 2.75 bits per heavy atom. The number of nitrogens with zero attached hydrogens (tertiary/aromatic N) is 4. The molecule has 0 bridgehead atoms. The molecule has 8 nitrogen and oxygen atoms in total. The minimum atomic E-state index is -3.59. The summed E-state index contributed by atoms with van der Waals surface area (Å²) in [5, 5.41) is 4.95. The van der Waals surface area contributed by atoms with Crippen LogP contribution in [0.25, 0.3) is 11.0 Å². The van der Waals surface area contributed by atoms with E-state index in [4.69, 9.17) is 5.14 Å². The topological polar surface area (TPSA) is 106 Å². The van der Waals surface area contributed by atoms with Gasteiger partial charge in [0.15, 0.2) is 5.82 Å². The normalized spacial score (nSPS) is 16.9. The highest BCUT2D eigenvalue weighted by Gasteiger charge is 2.23. The van der Waals surface area contributed by atoms with Gasteiger partial charge < -0.3 is 9.47 Å². The molecule has 2 aromatic rings. The van der Waals surface area contributed by atoms with E-state index in [0.29, 0.717) is 12.5 Å². The summed E-state index contributed by atoms with van der Waals surface area (Å²) in [6, 6.07) is 0. The molecule has 132 valence electrons. The van der Waals surface area contributed by atoms with Gasteiger partial charge in [0.25, 0.3) is 10.2 Å². The van der Waals surface area contributed by atoms with Gasteiger partial charge in [-0.1, -0.05) is 0 Å². The molecule has 0 spiro atoms. The summed E-state index contributed by atoms with van der Waals surface area (Å²) in [6.07, 6.45) is 6.41. The molecule has 3 rings (SSSR count). The predicted octanol–water partition coefficient (Wildman–Crippen LogP) is 1.13. The second kappa shape index (κ2) is 6.95. The van der Waals surface area contributed by atoms with Crippen molar-refractivity contribution in [3.8, 4) is 0 Å². The molecule has 0 aromatic carbocycles. The van der Waals surface area contributed by atoms with E-state index in [-0.39, 0.29) is 0 Å². The molecule has 0 amide bonds. The van der Waals surface area contributed by atoms with Crippen LogP contribution in [0.2, 0.25) is 0 Å². The summed E-state index contributed by atoms with van der Waals surface area (Å²) in [4.78, 5) is 11.1. The van der Waals surface area contributed by atoms with E-state index in [1.165, 1.54) is 0 Å². The fourth-order valence-electron chi connectivity index (χ4n) is 3.23. The molecular weight excluding hydrogens is 396 g/mol. The van der Waals surface area contributed by atoms with Crippen LogP contribution in [-0.2, 0) is 17.3 Å². The zero-order chi connectivity index (χ0) is 17.3. The minimum Gasteiger partial charge on any atom is -0.355 e. The van der Waals surface area contributed by atoms with Crippen molar-refractivity contribution in [3.05, 3.63) is 17.0 Å². The molecule has 1 aliphatic heterocycles. The highest BCUT2D eigenvalue weighted by atomic mass is 79.9. The standard InChI is InChI=1S/C14H21BrN6O2S/c1-20-8-11(15)12-13(20)14(18-9-17-12)21-6-3-10(4-7-21)2-5-19-24(16,22)23/h8-10,19H,2-7H2,1H3,(H2,16,22,23). The number of anilines is 1. The zero-order valence-corrected chi connectivity index (χ0v) is 15.8. The summed E-state index contributed by atoms with van der Waals surface area (Å²) in [7, 11) is -1.60. The number of aryl methyl sites for hydroxylation is 1. The number of rotatable bonds is 5. The Morgan fingerprint density at radius 2 is 2.08 bits per heavy atom. The van der Waals surface area contributed by atoms with Gasteiger partial charge in [-0.25, -0.2) is 19.8 Å². The highest BCUT2D eigenvalue weighted by molar-refractivity contribution is 9.10. The maximum absolute atomic E-state index is 10.9. The predicted molar refractivity (Wildman–Crippen MR) is 96.9 cm³/mol. The molecule has 0 unspecified atom stereocenters. The van der Waals surface area contributed by atoms with Gasteiger partial charge in [0.05, 0.1) is 4.47 Å². The second-order valence-corrected chi connectivity index (χ2v) is 8.37. The van der Waals surface area contributed by atoms with E-state index >= 15 is 0 Å². The van der Waals surface area contributed by atoms with E-state index in [1.54, 1.807) is 6.33 Å². The van der Waals surface area contributed by atoms with Crippen LogP contribution in [-0.4, -0.2) is 42.6 Å². The lowest BCUT2D eigenvalue weighted by Gasteiger charge is -2.33. The molecule has 0 atom stereocenters.